The van der Waals surface area contributed by atoms with Crippen molar-refractivity contribution in [2.45, 2.75) is 6.92 Å². The van der Waals surface area contributed by atoms with Crippen molar-refractivity contribution in [3.63, 3.8) is 0 Å². The highest BCUT2D eigenvalue weighted by molar-refractivity contribution is 6.33. The van der Waals surface area contributed by atoms with Gasteiger partial charge in [-0.05, 0) is 13.0 Å². The highest BCUT2D eigenvalue weighted by Gasteiger charge is 1.90. The van der Waals surface area contributed by atoms with E-state index in [9.17, 15) is 0 Å². The van der Waals surface area contributed by atoms with E-state index in [2.05, 4.69) is 4.98 Å². The SMILES string of the molecule is Bc1cnc(N)cc1C. The average molecular weight is 120 g/mol. The smallest absolute Gasteiger partial charge is 0.141 e. The summed E-state index contributed by atoms with van der Waals surface area (Å²) in [6.45, 7) is 2.02. The highest BCUT2D eigenvalue weighted by Crippen LogP contribution is 1.95. The Bertz CT molecular complexity index is 222. The van der Waals surface area contributed by atoms with Crippen LogP contribution in [0.3, 0.4) is 0 Å². The number of aromatic nitrogens is 1. The molecule has 46 valence electrons. The van der Waals surface area contributed by atoms with Crippen LogP contribution in [0.1, 0.15) is 5.56 Å². The predicted octanol–water partition coefficient (Wildman–Crippen LogP) is -0.769. The van der Waals surface area contributed by atoms with E-state index in [0.29, 0.717) is 5.82 Å². The van der Waals surface area contributed by atoms with Gasteiger partial charge in [-0.15, -0.1) is 0 Å². The van der Waals surface area contributed by atoms with Crippen LogP contribution in [0.15, 0.2) is 12.3 Å². The van der Waals surface area contributed by atoms with Gasteiger partial charge < -0.3 is 5.73 Å². The Labute approximate surface area is 55.5 Å². The molecule has 1 rings (SSSR count). The zero-order valence-corrected chi connectivity index (χ0v) is 5.68. The molecule has 1 aromatic rings. The van der Waals surface area contributed by atoms with Gasteiger partial charge in [0.25, 0.3) is 0 Å². The van der Waals surface area contributed by atoms with E-state index in [4.69, 9.17) is 5.73 Å². The first-order valence-corrected chi connectivity index (χ1v) is 2.89. The number of aryl methyl sites for hydroxylation is 1. The van der Waals surface area contributed by atoms with Gasteiger partial charge in [-0.3, -0.25) is 0 Å². The van der Waals surface area contributed by atoms with Crippen LogP contribution in [0.5, 0.6) is 0 Å². The van der Waals surface area contributed by atoms with Gasteiger partial charge in [0.1, 0.15) is 13.7 Å². The van der Waals surface area contributed by atoms with Crippen LogP contribution in [-0.2, 0) is 0 Å². The monoisotopic (exact) mass is 120 g/mol. The van der Waals surface area contributed by atoms with Gasteiger partial charge in [-0.1, -0.05) is 11.0 Å². The second-order valence-electron chi connectivity index (χ2n) is 2.19. The van der Waals surface area contributed by atoms with E-state index in [1.54, 1.807) is 6.20 Å². The van der Waals surface area contributed by atoms with Crippen molar-refractivity contribution in [1.29, 1.82) is 0 Å². The molecule has 0 saturated heterocycles. The van der Waals surface area contributed by atoms with Crippen LogP contribution in [0.2, 0.25) is 0 Å². The van der Waals surface area contributed by atoms with Crippen molar-refractivity contribution in [1.82, 2.24) is 4.98 Å². The second-order valence-corrected chi connectivity index (χ2v) is 2.19. The van der Waals surface area contributed by atoms with Gasteiger partial charge in [0.2, 0.25) is 0 Å². The Morgan fingerprint density at radius 3 is 2.78 bits per heavy atom. The van der Waals surface area contributed by atoms with Crippen LogP contribution < -0.4 is 11.2 Å². The first kappa shape index (κ1) is 6.14. The van der Waals surface area contributed by atoms with E-state index < -0.39 is 0 Å². The Morgan fingerprint density at radius 2 is 2.33 bits per heavy atom. The van der Waals surface area contributed by atoms with Crippen LogP contribution >= 0.6 is 0 Å². The van der Waals surface area contributed by atoms with Crippen molar-refractivity contribution in [3.05, 3.63) is 17.8 Å². The van der Waals surface area contributed by atoms with Crippen LogP contribution in [0.4, 0.5) is 5.82 Å². The topological polar surface area (TPSA) is 38.9 Å². The number of nitrogen functional groups attached to an aromatic ring is 1. The second kappa shape index (κ2) is 2.09. The average Bonchev–Trinajstić information content (AvgIpc) is 1.80. The van der Waals surface area contributed by atoms with E-state index in [-0.39, 0.29) is 0 Å². The lowest BCUT2D eigenvalue weighted by molar-refractivity contribution is 1.32. The zero-order chi connectivity index (χ0) is 6.85. The third kappa shape index (κ3) is 1.22. The first-order valence-electron chi connectivity index (χ1n) is 2.89. The Hall–Kier alpha value is -0.985. The minimum Gasteiger partial charge on any atom is -0.384 e. The number of nitrogens with two attached hydrogens (primary N) is 1. The molecular weight excluding hydrogens is 111 g/mol. The van der Waals surface area contributed by atoms with E-state index in [1.165, 1.54) is 11.0 Å². The molecule has 0 saturated carbocycles. The molecule has 1 heterocycles. The number of rotatable bonds is 0. The van der Waals surface area contributed by atoms with E-state index in [1.807, 2.05) is 20.8 Å². The summed E-state index contributed by atoms with van der Waals surface area (Å²) in [5, 5.41) is 0. The summed E-state index contributed by atoms with van der Waals surface area (Å²) in [5.74, 6) is 0.595. The van der Waals surface area contributed by atoms with E-state index in [0.717, 1.165) is 0 Å². The van der Waals surface area contributed by atoms with Gasteiger partial charge in [0.15, 0.2) is 0 Å². The van der Waals surface area contributed by atoms with Crippen molar-refractivity contribution in [2.24, 2.45) is 0 Å². The highest BCUT2D eigenvalue weighted by atomic mass is 14.8. The lowest BCUT2D eigenvalue weighted by Gasteiger charge is -1.97. The fraction of sp³-hybridized carbons (Fsp3) is 0.167. The van der Waals surface area contributed by atoms with Crippen molar-refractivity contribution < 1.29 is 0 Å². The summed E-state index contributed by atoms with van der Waals surface area (Å²) in [6, 6.07) is 1.87. The van der Waals surface area contributed by atoms with Gasteiger partial charge in [-0.2, -0.15) is 0 Å². The first-order chi connectivity index (χ1) is 4.20. The number of hydrogen-bond acceptors (Lipinski definition) is 2. The molecule has 1 aromatic heterocycles. The molecule has 9 heavy (non-hydrogen) atoms. The lowest BCUT2D eigenvalue weighted by Crippen LogP contribution is -2.08. The Morgan fingerprint density at radius 1 is 1.67 bits per heavy atom. The quantitative estimate of drug-likeness (QED) is 0.456. The molecule has 0 aromatic carbocycles. The summed E-state index contributed by atoms with van der Waals surface area (Å²) in [5.41, 5.74) is 7.80. The van der Waals surface area contributed by atoms with Gasteiger partial charge in [0, 0.05) is 6.20 Å². The number of nitrogens with zero attached hydrogens (tertiary/aromatic N) is 1. The molecule has 0 radical (unpaired) electrons. The fourth-order valence-corrected chi connectivity index (χ4v) is 0.646. The molecule has 0 fully saturated rings. The third-order valence-electron chi connectivity index (χ3n) is 1.39. The lowest BCUT2D eigenvalue weighted by atomic mass is 9.94. The zero-order valence-electron chi connectivity index (χ0n) is 5.68. The minimum absolute atomic E-state index is 0.595. The van der Waals surface area contributed by atoms with Gasteiger partial charge >= 0.3 is 0 Å². The number of pyridine rings is 1. The van der Waals surface area contributed by atoms with Gasteiger partial charge in [-0.25, -0.2) is 4.98 Å². The summed E-state index contributed by atoms with van der Waals surface area (Å²) in [4.78, 5) is 3.92. The van der Waals surface area contributed by atoms with Crippen molar-refractivity contribution in [2.75, 3.05) is 5.73 Å². The molecule has 0 bridgehead atoms. The molecule has 0 aliphatic rings. The third-order valence-corrected chi connectivity index (χ3v) is 1.39. The molecule has 0 unspecified atom stereocenters. The predicted molar refractivity (Wildman–Crippen MR) is 41.6 cm³/mol. The summed E-state index contributed by atoms with van der Waals surface area (Å²) in [6.07, 6.45) is 1.78. The molecule has 0 atom stereocenters. The molecule has 0 aliphatic heterocycles. The molecule has 2 nitrogen and oxygen atoms in total. The Kier molecular flexibility index (Phi) is 1.43. The molecule has 0 aliphatic carbocycles. The minimum atomic E-state index is 0.595. The number of hydrogen-bond donors (Lipinski definition) is 1. The molecule has 0 amide bonds. The van der Waals surface area contributed by atoms with Crippen molar-refractivity contribution >= 4 is 19.1 Å². The largest absolute Gasteiger partial charge is 0.384 e. The van der Waals surface area contributed by atoms with Crippen LogP contribution in [-0.4, -0.2) is 12.8 Å². The Balaban J connectivity index is 3.17. The van der Waals surface area contributed by atoms with Crippen LogP contribution in [0.25, 0.3) is 0 Å². The maximum absolute atomic E-state index is 5.42. The fourth-order valence-electron chi connectivity index (χ4n) is 0.646. The summed E-state index contributed by atoms with van der Waals surface area (Å²) >= 11 is 0. The standard InChI is InChI=1S/C6H9BN2/c1-4-2-6(8)9-3-5(4)7/h2-3H,7H2,1H3,(H2,8,9). The summed E-state index contributed by atoms with van der Waals surface area (Å²) < 4.78 is 0. The molecule has 0 spiro atoms. The van der Waals surface area contributed by atoms with Crippen molar-refractivity contribution in [3.8, 4) is 0 Å². The molecule has 2 N–H and O–H groups in total. The normalized spacial score (nSPS) is 9.44. The van der Waals surface area contributed by atoms with E-state index >= 15 is 0 Å². The maximum atomic E-state index is 5.42. The molecular formula is C6H9BN2. The van der Waals surface area contributed by atoms with Crippen LogP contribution in [0, 0.1) is 6.92 Å². The van der Waals surface area contributed by atoms with Gasteiger partial charge in [0.05, 0.1) is 0 Å². The summed E-state index contributed by atoms with van der Waals surface area (Å²) in [7, 11) is 2.02. The number of anilines is 1. The maximum Gasteiger partial charge on any atom is 0.141 e. The molecule has 3 heteroatoms.